The van der Waals surface area contributed by atoms with E-state index in [4.69, 9.17) is 0 Å². The first-order chi connectivity index (χ1) is 20.4. The summed E-state index contributed by atoms with van der Waals surface area (Å²) in [4.78, 5) is 24.0. The molecule has 0 bridgehead atoms. The number of benzene rings is 4. The Morgan fingerprint density at radius 3 is 2.38 bits per heavy atom. The smallest absolute Gasteiger partial charge is 0.319 e. The number of amides is 2. The van der Waals surface area contributed by atoms with Crippen LogP contribution in [-0.4, -0.2) is 25.7 Å². The number of anilines is 1. The number of para-hydroxylation sites is 1. The predicted octanol–water partition coefficient (Wildman–Crippen LogP) is 7.02. The normalized spacial score (nSPS) is 11.6. The highest BCUT2D eigenvalue weighted by Crippen LogP contribution is 2.30. The van der Waals surface area contributed by atoms with Gasteiger partial charge >= 0.3 is 6.03 Å². The number of nitrogens with one attached hydrogen (secondary N) is 2. The highest BCUT2D eigenvalue weighted by atomic mass is 32.2. The fourth-order valence-electron chi connectivity index (χ4n) is 4.45. The lowest BCUT2D eigenvalue weighted by Gasteiger charge is -2.20. The van der Waals surface area contributed by atoms with E-state index in [1.54, 1.807) is 28.8 Å². The minimum absolute atomic E-state index is 0.0414. The van der Waals surface area contributed by atoms with E-state index in [9.17, 15) is 19.3 Å². The molecule has 1 aromatic heterocycles. The highest BCUT2D eigenvalue weighted by molar-refractivity contribution is 7.98. The summed E-state index contributed by atoms with van der Waals surface area (Å²) in [6.07, 6.45) is 0.360. The Kier molecular flexibility index (Phi) is 8.88. The molecule has 1 atom stereocenters. The van der Waals surface area contributed by atoms with Crippen LogP contribution in [0, 0.1) is 22.9 Å². The molecule has 2 N–H and O–H groups in total. The van der Waals surface area contributed by atoms with Gasteiger partial charge in [0, 0.05) is 30.0 Å². The van der Waals surface area contributed by atoms with E-state index in [2.05, 4.69) is 26.9 Å². The molecule has 0 saturated carbocycles. The number of hydrogen-bond acceptors (Lipinski definition) is 6. The number of nitro benzene ring substituents is 1. The van der Waals surface area contributed by atoms with Gasteiger partial charge in [0.05, 0.1) is 16.7 Å². The first-order valence-electron chi connectivity index (χ1n) is 13.1. The van der Waals surface area contributed by atoms with Crippen LogP contribution in [-0.2, 0) is 12.2 Å². The van der Waals surface area contributed by atoms with E-state index in [1.807, 2.05) is 55.5 Å². The Hall–Kier alpha value is -5.03. The molecular weight excluding hydrogens is 555 g/mol. The van der Waals surface area contributed by atoms with Crippen molar-refractivity contribution in [2.24, 2.45) is 0 Å². The first kappa shape index (κ1) is 28.5. The minimum atomic E-state index is -0.685. The zero-order valence-corrected chi connectivity index (χ0v) is 23.4. The standard InChI is InChI=1S/C31H27FN6O3S/c1-21-8-7-11-23(18-21)20-42-31-36-35-29(37(31)24-14-16-25(17-15-24)38(40)41)28(19-22-9-3-2-4-10-22)34-30(39)33-27-13-6-5-12-26(27)32/h2-18,28H,19-20H2,1H3,(H2,33,34,39). The van der Waals surface area contributed by atoms with Crippen LogP contribution in [0.4, 0.5) is 20.6 Å². The number of carbonyl (C=O) groups excluding carboxylic acids is 1. The molecule has 4 aromatic carbocycles. The highest BCUT2D eigenvalue weighted by Gasteiger charge is 2.26. The second-order valence-corrected chi connectivity index (χ2v) is 10.5. The molecule has 5 aromatic rings. The number of carbonyl (C=O) groups is 1. The third-order valence-corrected chi connectivity index (χ3v) is 7.45. The maximum absolute atomic E-state index is 14.3. The van der Waals surface area contributed by atoms with Gasteiger partial charge < -0.3 is 10.6 Å². The molecular formula is C31H27FN6O3S. The third kappa shape index (κ3) is 6.99. The molecule has 0 spiro atoms. The summed E-state index contributed by atoms with van der Waals surface area (Å²) in [5.41, 5.74) is 3.76. The van der Waals surface area contributed by atoms with Crippen molar-refractivity contribution < 1.29 is 14.1 Å². The Labute approximate surface area is 246 Å². The van der Waals surface area contributed by atoms with Crippen molar-refractivity contribution in [3.8, 4) is 5.69 Å². The molecule has 11 heteroatoms. The SMILES string of the molecule is Cc1cccc(CSc2nnc(C(Cc3ccccc3)NC(=O)Nc3ccccc3F)n2-c2ccc([N+](=O)[O-])cc2)c1. The van der Waals surface area contributed by atoms with E-state index in [0.717, 1.165) is 16.7 Å². The number of aryl methyl sites for hydroxylation is 1. The van der Waals surface area contributed by atoms with Gasteiger partial charge in [0.2, 0.25) is 0 Å². The summed E-state index contributed by atoms with van der Waals surface area (Å²) < 4.78 is 16.1. The number of halogens is 1. The lowest BCUT2D eigenvalue weighted by atomic mass is 10.1. The molecule has 0 aliphatic carbocycles. The second-order valence-electron chi connectivity index (χ2n) is 9.55. The Balaban J connectivity index is 1.52. The number of hydrogen-bond donors (Lipinski definition) is 2. The lowest BCUT2D eigenvalue weighted by Crippen LogP contribution is -2.35. The van der Waals surface area contributed by atoms with Crippen LogP contribution in [0.2, 0.25) is 0 Å². The fourth-order valence-corrected chi connectivity index (χ4v) is 5.35. The number of urea groups is 1. The number of rotatable bonds is 10. The van der Waals surface area contributed by atoms with Crippen LogP contribution in [0.3, 0.4) is 0 Å². The number of thioether (sulfide) groups is 1. The van der Waals surface area contributed by atoms with Crippen LogP contribution in [0.5, 0.6) is 0 Å². The van der Waals surface area contributed by atoms with E-state index in [0.29, 0.717) is 28.8 Å². The number of nitrogens with zero attached hydrogens (tertiary/aromatic N) is 4. The van der Waals surface area contributed by atoms with E-state index >= 15 is 0 Å². The summed E-state index contributed by atoms with van der Waals surface area (Å²) in [6, 6.07) is 28.4. The van der Waals surface area contributed by atoms with Gasteiger partial charge in [0.15, 0.2) is 11.0 Å². The molecule has 9 nitrogen and oxygen atoms in total. The maximum Gasteiger partial charge on any atom is 0.319 e. The molecule has 42 heavy (non-hydrogen) atoms. The van der Waals surface area contributed by atoms with E-state index in [1.165, 1.54) is 36.0 Å². The summed E-state index contributed by atoms with van der Waals surface area (Å²) in [6.45, 7) is 2.03. The topological polar surface area (TPSA) is 115 Å². The molecule has 1 heterocycles. The third-order valence-electron chi connectivity index (χ3n) is 6.45. The molecule has 212 valence electrons. The molecule has 5 rings (SSSR count). The van der Waals surface area contributed by atoms with Crippen molar-refractivity contribution in [1.29, 1.82) is 0 Å². The van der Waals surface area contributed by atoms with Crippen LogP contribution in [0.1, 0.15) is 28.6 Å². The summed E-state index contributed by atoms with van der Waals surface area (Å²) in [5.74, 6) is 0.469. The molecule has 0 aliphatic rings. The Morgan fingerprint density at radius 1 is 0.952 bits per heavy atom. The predicted molar refractivity (Wildman–Crippen MR) is 160 cm³/mol. The zero-order valence-electron chi connectivity index (χ0n) is 22.6. The molecule has 0 aliphatic heterocycles. The van der Waals surface area contributed by atoms with Gasteiger partial charge in [-0.1, -0.05) is 84.1 Å². The van der Waals surface area contributed by atoms with Crippen LogP contribution in [0.25, 0.3) is 5.69 Å². The Bertz CT molecular complexity index is 1700. The van der Waals surface area contributed by atoms with Crippen molar-refractivity contribution in [2.45, 2.75) is 30.3 Å². The van der Waals surface area contributed by atoms with Crippen LogP contribution in [0.15, 0.2) is 108 Å². The average molecular weight is 583 g/mol. The zero-order chi connectivity index (χ0) is 29.5. The Morgan fingerprint density at radius 2 is 1.67 bits per heavy atom. The summed E-state index contributed by atoms with van der Waals surface area (Å²) in [7, 11) is 0. The van der Waals surface area contributed by atoms with Crippen LogP contribution < -0.4 is 10.6 Å². The van der Waals surface area contributed by atoms with Gasteiger partial charge in [-0.2, -0.15) is 0 Å². The number of nitro groups is 1. The van der Waals surface area contributed by atoms with E-state index < -0.39 is 22.8 Å². The van der Waals surface area contributed by atoms with Crippen molar-refractivity contribution >= 4 is 29.2 Å². The molecule has 0 saturated heterocycles. The van der Waals surface area contributed by atoms with Gasteiger partial charge in [-0.3, -0.25) is 14.7 Å². The van der Waals surface area contributed by atoms with Crippen molar-refractivity contribution in [3.63, 3.8) is 0 Å². The second kappa shape index (κ2) is 13.1. The van der Waals surface area contributed by atoms with Crippen molar-refractivity contribution in [3.05, 3.63) is 142 Å². The first-order valence-corrected chi connectivity index (χ1v) is 14.1. The molecule has 0 fully saturated rings. The van der Waals surface area contributed by atoms with Crippen molar-refractivity contribution in [1.82, 2.24) is 20.1 Å². The van der Waals surface area contributed by atoms with Gasteiger partial charge in [-0.25, -0.2) is 9.18 Å². The minimum Gasteiger partial charge on any atom is -0.327 e. The monoisotopic (exact) mass is 582 g/mol. The molecule has 1 unspecified atom stereocenters. The number of non-ortho nitro benzene ring substituents is 1. The average Bonchev–Trinajstić information content (AvgIpc) is 3.41. The van der Waals surface area contributed by atoms with Crippen LogP contribution >= 0.6 is 11.8 Å². The van der Waals surface area contributed by atoms with Gasteiger partial charge in [-0.15, -0.1) is 10.2 Å². The maximum atomic E-state index is 14.3. The summed E-state index contributed by atoms with van der Waals surface area (Å²) >= 11 is 1.46. The summed E-state index contributed by atoms with van der Waals surface area (Å²) in [5, 5.41) is 26.3. The lowest BCUT2D eigenvalue weighted by molar-refractivity contribution is -0.384. The van der Waals surface area contributed by atoms with E-state index in [-0.39, 0.29) is 11.4 Å². The van der Waals surface area contributed by atoms with Gasteiger partial charge in [-0.05, 0) is 42.3 Å². The van der Waals surface area contributed by atoms with Gasteiger partial charge in [0.25, 0.3) is 5.69 Å². The number of aromatic nitrogens is 3. The van der Waals surface area contributed by atoms with Gasteiger partial charge in [0.1, 0.15) is 5.82 Å². The fraction of sp³-hybridized carbons (Fsp3) is 0.129. The molecule has 0 radical (unpaired) electrons. The van der Waals surface area contributed by atoms with Crippen molar-refractivity contribution in [2.75, 3.05) is 5.32 Å². The quantitative estimate of drug-likeness (QED) is 0.104. The molecule has 2 amide bonds. The largest absolute Gasteiger partial charge is 0.327 e.